The first-order valence-corrected chi connectivity index (χ1v) is 9.21. The zero-order chi connectivity index (χ0) is 17.9. The Morgan fingerprint density at radius 1 is 0.885 bits per heavy atom. The smallest absolute Gasteiger partial charge is 0.182 e. The van der Waals surface area contributed by atoms with E-state index in [1.807, 2.05) is 66.7 Å². The van der Waals surface area contributed by atoms with Crippen LogP contribution in [-0.2, 0) is 0 Å². The number of hydrogen-bond acceptors (Lipinski definition) is 3. The summed E-state index contributed by atoms with van der Waals surface area (Å²) in [6.07, 6.45) is 1.79. The summed E-state index contributed by atoms with van der Waals surface area (Å²) < 4.78 is 0. The number of rotatable bonds is 5. The summed E-state index contributed by atoms with van der Waals surface area (Å²) in [4.78, 5) is 17.5. The molecule has 4 heteroatoms. The van der Waals surface area contributed by atoms with Crippen molar-refractivity contribution in [3.05, 3.63) is 96.2 Å². The second-order valence-electron chi connectivity index (χ2n) is 6.01. The number of carbonyl (C=O) groups excluding carboxylic acids is 1. The number of nitrogens with one attached hydrogen (secondary N) is 1. The molecule has 0 fully saturated rings. The first-order chi connectivity index (χ1) is 12.7. The molecule has 2 N–H and O–H groups in total. The fourth-order valence-electron chi connectivity index (χ4n) is 2.98. The number of ketones is 1. The molecule has 0 saturated heterocycles. The number of aromatic nitrogens is 1. The lowest BCUT2D eigenvalue weighted by Gasteiger charge is -2.16. The van der Waals surface area contributed by atoms with E-state index in [-0.39, 0.29) is 16.8 Å². The molecule has 4 aromatic rings. The Kier molecular flexibility index (Phi) is 4.50. The van der Waals surface area contributed by atoms with Gasteiger partial charge < -0.3 is 10.1 Å². The maximum atomic E-state index is 13.4. The third-order valence-corrected chi connectivity index (χ3v) is 5.55. The lowest BCUT2D eigenvalue weighted by atomic mass is 10.0. The molecule has 128 valence electrons. The van der Waals surface area contributed by atoms with Gasteiger partial charge in [0.15, 0.2) is 5.78 Å². The zero-order valence-electron chi connectivity index (χ0n) is 13.9. The molecule has 1 atom stereocenters. The molecule has 1 heterocycles. The Balaban J connectivity index is 1.74. The van der Waals surface area contributed by atoms with Crippen molar-refractivity contribution in [2.45, 2.75) is 10.1 Å². The molecule has 0 bridgehead atoms. The molecular weight excluding hydrogens is 342 g/mol. The average Bonchev–Trinajstić information content (AvgIpc) is 3.12. The molecule has 0 aliphatic heterocycles. The van der Waals surface area contributed by atoms with Gasteiger partial charge in [-0.1, -0.05) is 48.5 Å². The van der Waals surface area contributed by atoms with Crippen molar-refractivity contribution in [1.29, 1.82) is 0 Å². The summed E-state index contributed by atoms with van der Waals surface area (Å²) in [6.45, 7) is 0. The second-order valence-corrected chi connectivity index (χ2v) is 7.19. The van der Waals surface area contributed by atoms with E-state index >= 15 is 0 Å². The molecule has 0 aliphatic carbocycles. The Hall–Kier alpha value is -2.98. The van der Waals surface area contributed by atoms with Crippen LogP contribution in [0.15, 0.2) is 90.0 Å². The lowest BCUT2D eigenvalue weighted by Crippen LogP contribution is -2.09. The Bertz CT molecular complexity index is 1040. The van der Waals surface area contributed by atoms with Gasteiger partial charge in [-0.05, 0) is 35.9 Å². The maximum absolute atomic E-state index is 13.4. The molecule has 0 unspecified atom stereocenters. The number of H-pyrrole nitrogens is 1. The summed E-state index contributed by atoms with van der Waals surface area (Å²) in [5, 5.41) is 10.1. The molecule has 0 saturated carbocycles. The monoisotopic (exact) mass is 359 g/mol. The van der Waals surface area contributed by atoms with Crippen LogP contribution in [0.25, 0.3) is 10.9 Å². The van der Waals surface area contributed by atoms with Gasteiger partial charge in [0.1, 0.15) is 5.75 Å². The van der Waals surface area contributed by atoms with Crippen molar-refractivity contribution in [2.75, 3.05) is 0 Å². The number of phenolic OH excluding ortho intramolecular Hbond substituents is 1. The minimum absolute atomic E-state index is 0.0618. The largest absolute Gasteiger partial charge is 0.508 e. The van der Waals surface area contributed by atoms with Crippen LogP contribution >= 0.6 is 11.8 Å². The predicted octanol–water partition coefficient (Wildman–Crippen LogP) is 5.59. The van der Waals surface area contributed by atoms with Crippen LogP contribution < -0.4 is 0 Å². The van der Waals surface area contributed by atoms with Crippen LogP contribution in [0.3, 0.4) is 0 Å². The predicted molar refractivity (Wildman–Crippen MR) is 106 cm³/mol. The van der Waals surface area contributed by atoms with E-state index in [1.54, 1.807) is 18.3 Å². The van der Waals surface area contributed by atoms with Gasteiger partial charge in [0, 0.05) is 27.6 Å². The summed E-state index contributed by atoms with van der Waals surface area (Å²) in [5.41, 5.74) is 2.61. The van der Waals surface area contributed by atoms with Crippen LogP contribution in [-0.4, -0.2) is 15.9 Å². The van der Waals surface area contributed by atoms with E-state index in [9.17, 15) is 9.90 Å². The molecule has 3 aromatic carbocycles. The van der Waals surface area contributed by atoms with Crippen LogP contribution in [0.2, 0.25) is 0 Å². The van der Waals surface area contributed by atoms with Crippen LogP contribution in [0, 0.1) is 0 Å². The van der Waals surface area contributed by atoms with Gasteiger partial charge in [0.05, 0.1) is 5.25 Å². The zero-order valence-corrected chi connectivity index (χ0v) is 14.7. The molecule has 1 aromatic heterocycles. The minimum atomic E-state index is -0.361. The van der Waals surface area contributed by atoms with Gasteiger partial charge >= 0.3 is 0 Å². The summed E-state index contributed by atoms with van der Waals surface area (Å²) in [5.74, 6) is 0.278. The lowest BCUT2D eigenvalue weighted by molar-refractivity contribution is 0.0991. The number of Topliss-reactive ketones (excluding diaryl/α,β-unsaturated/α-hetero) is 1. The highest BCUT2D eigenvalue weighted by Crippen LogP contribution is 2.39. The van der Waals surface area contributed by atoms with Crippen LogP contribution in [0.1, 0.15) is 21.2 Å². The molecule has 0 amide bonds. The highest BCUT2D eigenvalue weighted by molar-refractivity contribution is 8.00. The van der Waals surface area contributed by atoms with Crippen molar-refractivity contribution in [3.63, 3.8) is 0 Å². The quantitative estimate of drug-likeness (QED) is 0.361. The average molecular weight is 359 g/mol. The van der Waals surface area contributed by atoms with Crippen LogP contribution in [0.4, 0.5) is 0 Å². The molecule has 3 nitrogen and oxygen atoms in total. The van der Waals surface area contributed by atoms with E-state index in [0.717, 1.165) is 21.4 Å². The van der Waals surface area contributed by atoms with Crippen molar-refractivity contribution < 1.29 is 9.90 Å². The number of fused-ring (bicyclic) bond motifs is 1. The fraction of sp³-hybridized carbons (Fsp3) is 0.0455. The Labute approximate surface area is 155 Å². The third-order valence-electron chi connectivity index (χ3n) is 4.29. The number of benzene rings is 3. The van der Waals surface area contributed by atoms with Crippen LogP contribution in [0.5, 0.6) is 5.75 Å². The second kappa shape index (κ2) is 7.10. The SMILES string of the molecule is O=C(c1c[nH]c2ccccc12)[C@@H](Sc1ccc(O)cc1)c1ccccc1. The van der Waals surface area contributed by atoms with E-state index in [0.29, 0.717) is 5.56 Å². The molecule has 0 radical (unpaired) electrons. The van der Waals surface area contributed by atoms with E-state index in [2.05, 4.69) is 4.98 Å². The summed E-state index contributed by atoms with van der Waals surface area (Å²) in [7, 11) is 0. The normalized spacial score (nSPS) is 12.2. The number of thioether (sulfide) groups is 1. The van der Waals surface area contributed by atoms with Gasteiger partial charge in [-0.15, -0.1) is 11.8 Å². The van der Waals surface area contributed by atoms with Gasteiger partial charge in [-0.25, -0.2) is 0 Å². The minimum Gasteiger partial charge on any atom is -0.508 e. The molecule has 0 aliphatic rings. The number of aromatic hydroxyl groups is 1. The first kappa shape index (κ1) is 16.5. The Morgan fingerprint density at radius 2 is 1.58 bits per heavy atom. The van der Waals surface area contributed by atoms with Gasteiger partial charge in [0.2, 0.25) is 0 Å². The fourth-order valence-corrected chi connectivity index (χ4v) is 4.07. The first-order valence-electron chi connectivity index (χ1n) is 8.33. The summed E-state index contributed by atoms with van der Waals surface area (Å²) in [6, 6.07) is 24.6. The molecule has 26 heavy (non-hydrogen) atoms. The van der Waals surface area contributed by atoms with Gasteiger partial charge in [0.25, 0.3) is 0 Å². The van der Waals surface area contributed by atoms with Crippen molar-refractivity contribution in [2.24, 2.45) is 0 Å². The van der Waals surface area contributed by atoms with E-state index in [1.165, 1.54) is 11.8 Å². The Morgan fingerprint density at radius 3 is 2.35 bits per heavy atom. The van der Waals surface area contributed by atoms with Crippen molar-refractivity contribution in [1.82, 2.24) is 4.98 Å². The molecule has 0 spiro atoms. The van der Waals surface area contributed by atoms with E-state index in [4.69, 9.17) is 0 Å². The topological polar surface area (TPSA) is 53.1 Å². The van der Waals surface area contributed by atoms with Gasteiger partial charge in [-0.2, -0.15) is 0 Å². The highest BCUT2D eigenvalue weighted by atomic mass is 32.2. The standard InChI is InChI=1S/C22H17NO2S/c24-16-10-12-17(13-11-16)26-22(15-6-2-1-3-7-15)21(25)19-14-23-20-9-5-4-8-18(19)20/h1-14,22-24H/t22-/m0/s1. The number of aromatic amines is 1. The number of carbonyl (C=O) groups is 1. The van der Waals surface area contributed by atoms with E-state index < -0.39 is 0 Å². The van der Waals surface area contributed by atoms with Gasteiger partial charge in [-0.3, -0.25) is 4.79 Å². The number of phenols is 1. The number of para-hydroxylation sites is 1. The maximum Gasteiger partial charge on any atom is 0.182 e. The van der Waals surface area contributed by atoms with Crippen molar-refractivity contribution >= 4 is 28.4 Å². The highest BCUT2D eigenvalue weighted by Gasteiger charge is 2.25. The third kappa shape index (κ3) is 3.24. The summed E-state index contributed by atoms with van der Waals surface area (Å²) >= 11 is 1.49. The molecule has 4 rings (SSSR count). The molecular formula is C22H17NO2S. The van der Waals surface area contributed by atoms with Crippen molar-refractivity contribution in [3.8, 4) is 5.75 Å². The number of hydrogen-bond donors (Lipinski definition) is 2.